The second-order valence-electron chi connectivity index (χ2n) is 7.88. The van der Waals surface area contributed by atoms with Crippen LogP contribution in [0.2, 0.25) is 5.15 Å². The summed E-state index contributed by atoms with van der Waals surface area (Å²) in [5.74, 6) is -0.353. The Hall–Kier alpha value is -2.17. The Labute approximate surface area is 196 Å². The van der Waals surface area contributed by atoms with Gasteiger partial charge in [0, 0.05) is 20.2 Å². The van der Waals surface area contributed by atoms with E-state index in [2.05, 4.69) is 20.2 Å². The zero-order chi connectivity index (χ0) is 23.4. The molecule has 2 atom stereocenters. The van der Waals surface area contributed by atoms with Gasteiger partial charge in [-0.05, 0) is 25.7 Å². The molecule has 3 rings (SSSR count). The van der Waals surface area contributed by atoms with Gasteiger partial charge >= 0.3 is 5.97 Å². The number of aromatic nitrogens is 3. The van der Waals surface area contributed by atoms with Crippen LogP contribution in [0.4, 0.5) is 5.13 Å². The third-order valence-electron chi connectivity index (χ3n) is 5.40. The number of aromatic amines is 1. The zero-order valence-electron chi connectivity index (χ0n) is 19.0. The second kappa shape index (κ2) is 10.6. The number of amides is 1. The number of hydrogen-bond acceptors (Lipinski definition) is 8. The minimum atomic E-state index is -0.339. The van der Waals surface area contributed by atoms with Gasteiger partial charge in [0.2, 0.25) is 0 Å². The number of carbonyl (C=O) groups is 2. The summed E-state index contributed by atoms with van der Waals surface area (Å²) in [6.45, 7) is 9.26. The van der Waals surface area contributed by atoms with E-state index >= 15 is 0 Å². The molecule has 176 valence electrons. The second-order valence-corrected chi connectivity index (χ2v) is 9.22. The predicted molar refractivity (Wildman–Crippen MR) is 124 cm³/mol. The van der Waals surface area contributed by atoms with Gasteiger partial charge in [-0.15, -0.1) is 0 Å². The molecule has 1 saturated heterocycles. The molecule has 0 bridgehead atoms. The first-order chi connectivity index (χ1) is 15.3. The molecule has 3 heterocycles. The molecule has 2 aromatic rings. The van der Waals surface area contributed by atoms with E-state index < -0.39 is 0 Å². The molecule has 1 aliphatic rings. The van der Waals surface area contributed by atoms with Gasteiger partial charge in [0.05, 0.1) is 30.1 Å². The molecule has 1 aliphatic heterocycles. The van der Waals surface area contributed by atoms with E-state index in [1.165, 1.54) is 11.3 Å². The molecule has 0 aromatic carbocycles. The molecule has 32 heavy (non-hydrogen) atoms. The number of piperidine rings is 1. The quantitative estimate of drug-likeness (QED) is 0.553. The van der Waals surface area contributed by atoms with Crippen LogP contribution in [0.1, 0.15) is 71.7 Å². The van der Waals surface area contributed by atoms with Crippen molar-refractivity contribution in [3.05, 3.63) is 27.2 Å². The molecule has 1 fully saturated rings. The fourth-order valence-corrected chi connectivity index (χ4v) is 5.07. The third-order valence-corrected chi connectivity index (χ3v) is 6.82. The summed E-state index contributed by atoms with van der Waals surface area (Å²) in [6.07, 6.45) is 1.07. The topological polar surface area (TPSA) is 109 Å². The predicted octanol–water partition coefficient (Wildman–Crippen LogP) is 3.41. The lowest BCUT2D eigenvalue weighted by atomic mass is 10.0. The van der Waals surface area contributed by atoms with Crippen LogP contribution in [-0.2, 0) is 15.9 Å². The van der Waals surface area contributed by atoms with Gasteiger partial charge < -0.3 is 24.7 Å². The number of nitrogens with zero attached hydrogens (tertiary/aromatic N) is 3. The van der Waals surface area contributed by atoms with Crippen molar-refractivity contribution >= 4 is 39.9 Å². The zero-order valence-corrected chi connectivity index (χ0v) is 20.6. The van der Waals surface area contributed by atoms with Gasteiger partial charge in [-0.3, -0.25) is 4.79 Å². The van der Waals surface area contributed by atoms with Crippen molar-refractivity contribution in [2.75, 3.05) is 31.7 Å². The smallest absolute Gasteiger partial charge is 0.350 e. The van der Waals surface area contributed by atoms with Crippen molar-refractivity contribution in [1.82, 2.24) is 20.3 Å². The van der Waals surface area contributed by atoms with Crippen LogP contribution >= 0.6 is 22.9 Å². The molecule has 1 amide bonds. The van der Waals surface area contributed by atoms with Crippen LogP contribution in [-0.4, -0.2) is 65.8 Å². The maximum absolute atomic E-state index is 12.7. The van der Waals surface area contributed by atoms with Crippen molar-refractivity contribution in [1.29, 1.82) is 0 Å². The van der Waals surface area contributed by atoms with Crippen molar-refractivity contribution in [3.8, 4) is 0 Å². The summed E-state index contributed by atoms with van der Waals surface area (Å²) >= 11 is 7.40. The summed E-state index contributed by atoms with van der Waals surface area (Å²) in [6, 6.07) is -0.188. The highest BCUT2D eigenvalue weighted by Gasteiger charge is 2.34. The van der Waals surface area contributed by atoms with Crippen LogP contribution < -0.4 is 10.2 Å². The lowest BCUT2D eigenvalue weighted by Crippen LogP contribution is -2.55. The first-order valence-corrected chi connectivity index (χ1v) is 12.0. The summed E-state index contributed by atoms with van der Waals surface area (Å²) < 4.78 is 10.9. The standard InChI is InChI=1S/C21H30ClN5O4S/c1-6-12-17(22)26-18(23-12)19(28)24-13-8-9-27(10-14(13)30-5)21-25-15(11(3)4)16(32-21)20(29)31-7-2/h11,13-14H,6-10H2,1-5H3,(H,23,26)(H,24,28)/t13-,14+/m1/s1. The monoisotopic (exact) mass is 483 g/mol. The van der Waals surface area contributed by atoms with Gasteiger partial charge in [0.1, 0.15) is 4.88 Å². The Balaban J connectivity index is 1.72. The van der Waals surface area contributed by atoms with Gasteiger partial charge in [-0.1, -0.05) is 43.7 Å². The van der Waals surface area contributed by atoms with Crippen LogP contribution in [0.25, 0.3) is 0 Å². The number of ether oxygens (including phenoxy) is 2. The molecule has 2 aromatic heterocycles. The number of hydrogen-bond donors (Lipinski definition) is 2. The van der Waals surface area contributed by atoms with Crippen molar-refractivity contribution < 1.29 is 19.1 Å². The number of nitrogens with one attached hydrogen (secondary N) is 2. The Kier molecular flexibility index (Phi) is 8.13. The Morgan fingerprint density at radius 3 is 2.69 bits per heavy atom. The van der Waals surface area contributed by atoms with Gasteiger partial charge in [-0.2, -0.15) is 0 Å². The van der Waals surface area contributed by atoms with Crippen molar-refractivity contribution in [3.63, 3.8) is 0 Å². The Morgan fingerprint density at radius 2 is 2.09 bits per heavy atom. The average molecular weight is 484 g/mol. The van der Waals surface area contributed by atoms with E-state index in [0.717, 1.165) is 16.5 Å². The number of methoxy groups -OCH3 is 1. The van der Waals surface area contributed by atoms with Crippen molar-refractivity contribution in [2.45, 2.75) is 58.6 Å². The molecular formula is C21H30ClN5O4S. The van der Waals surface area contributed by atoms with Crippen molar-refractivity contribution in [2.24, 2.45) is 0 Å². The maximum atomic E-state index is 12.7. The number of rotatable bonds is 8. The number of halogens is 1. The van der Waals surface area contributed by atoms with E-state index in [9.17, 15) is 9.59 Å². The summed E-state index contributed by atoms with van der Waals surface area (Å²) in [7, 11) is 1.62. The summed E-state index contributed by atoms with van der Waals surface area (Å²) in [5, 5.41) is 4.08. The maximum Gasteiger partial charge on any atom is 0.350 e. The summed E-state index contributed by atoms with van der Waals surface area (Å²) in [4.78, 5) is 39.5. The highest BCUT2D eigenvalue weighted by atomic mass is 35.5. The molecule has 2 N–H and O–H groups in total. The molecule has 9 nitrogen and oxygen atoms in total. The van der Waals surface area contributed by atoms with Gasteiger partial charge in [-0.25, -0.2) is 14.8 Å². The lowest BCUT2D eigenvalue weighted by molar-refractivity contribution is 0.0529. The normalized spacial score (nSPS) is 18.8. The number of anilines is 1. The van der Waals surface area contributed by atoms with Gasteiger partial charge in [0.15, 0.2) is 16.1 Å². The number of carbonyl (C=O) groups excluding carboxylic acids is 2. The number of aryl methyl sites for hydroxylation is 1. The largest absolute Gasteiger partial charge is 0.462 e. The molecule has 0 aliphatic carbocycles. The molecular weight excluding hydrogens is 454 g/mol. The molecule has 0 radical (unpaired) electrons. The first kappa shape index (κ1) is 24.5. The number of H-pyrrole nitrogens is 1. The Bertz CT molecular complexity index is 960. The van der Waals surface area contributed by atoms with E-state index in [1.54, 1.807) is 14.0 Å². The van der Waals surface area contributed by atoms with Crippen LogP contribution in [0.5, 0.6) is 0 Å². The molecule has 11 heteroatoms. The fraction of sp³-hybridized carbons (Fsp3) is 0.619. The average Bonchev–Trinajstić information content (AvgIpc) is 3.38. The minimum absolute atomic E-state index is 0.0996. The fourth-order valence-electron chi connectivity index (χ4n) is 3.65. The molecule has 0 spiro atoms. The minimum Gasteiger partial charge on any atom is -0.462 e. The molecule has 0 saturated carbocycles. The van der Waals surface area contributed by atoms with E-state index in [0.29, 0.717) is 42.6 Å². The van der Waals surface area contributed by atoms with E-state index in [1.807, 2.05) is 20.8 Å². The number of esters is 1. The van der Waals surface area contributed by atoms with Gasteiger partial charge in [0.25, 0.3) is 5.91 Å². The van der Waals surface area contributed by atoms with Crippen LogP contribution in [0.15, 0.2) is 0 Å². The number of thiazole rings is 1. The van der Waals surface area contributed by atoms with E-state index in [4.69, 9.17) is 26.1 Å². The summed E-state index contributed by atoms with van der Waals surface area (Å²) in [5.41, 5.74) is 1.48. The SMILES string of the molecule is CCOC(=O)c1sc(N2CC[C@@H](NC(=O)c3nc(Cl)c(CC)[nH]3)[C@@H](OC)C2)nc1C(C)C. The van der Waals surface area contributed by atoms with E-state index in [-0.39, 0.29) is 35.8 Å². The Morgan fingerprint density at radius 1 is 1.34 bits per heavy atom. The third kappa shape index (κ3) is 5.24. The highest BCUT2D eigenvalue weighted by molar-refractivity contribution is 7.17. The lowest BCUT2D eigenvalue weighted by Gasteiger charge is -2.37. The first-order valence-electron chi connectivity index (χ1n) is 10.8. The highest BCUT2D eigenvalue weighted by Crippen LogP contribution is 2.33. The van der Waals surface area contributed by atoms with Crippen LogP contribution in [0, 0.1) is 0 Å². The molecule has 0 unspecified atom stereocenters. The van der Waals surface area contributed by atoms with Crippen LogP contribution in [0.3, 0.4) is 0 Å². The number of imidazole rings is 1.